The number of pyridine rings is 1. The van der Waals surface area contributed by atoms with Crippen LogP contribution < -0.4 is 25.4 Å². The van der Waals surface area contributed by atoms with Gasteiger partial charge in [0, 0.05) is 23.7 Å². The fourth-order valence-corrected chi connectivity index (χ4v) is 4.18. The Bertz CT molecular complexity index is 1360. The van der Waals surface area contributed by atoms with E-state index < -0.39 is 17.9 Å². The minimum atomic E-state index is -0.900. The van der Waals surface area contributed by atoms with E-state index in [0.29, 0.717) is 35.9 Å². The van der Waals surface area contributed by atoms with E-state index in [-0.39, 0.29) is 46.3 Å². The number of aliphatic hydroxyl groups is 1. The molecule has 0 amide bonds. The Labute approximate surface area is 232 Å². The zero-order valence-corrected chi connectivity index (χ0v) is 23.5. The number of hydrogen-bond donors (Lipinski definition) is 4. The molecule has 1 aliphatic rings. The molecule has 216 valence electrons. The number of nitrogens with one attached hydrogen (secondary N) is 3. The third kappa shape index (κ3) is 6.08. The van der Waals surface area contributed by atoms with Gasteiger partial charge in [0.15, 0.2) is 29.0 Å². The smallest absolute Gasteiger partial charge is 0.223 e. The van der Waals surface area contributed by atoms with Gasteiger partial charge in [-0.2, -0.15) is 0 Å². The maximum Gasteiger partial charge on any atom is 0.223 e. The van der Waals surface area contributed by atoms with Gasteiger partial charge in [-0.1, -0.05) is 27.4 Å². The summed E-state index contributed by atoms with van der Waals surface area (Å²) in [6.07, 6.45) is 2.07. The van der Waals surface area contributed by atoms with Crippen molar-refractivity contribution in [1.29, 1.82) is 0 Å². The van der Waals surface area contributed by atoms with E-state index in [1.165, 1.54) is 26.4 Å². The molecular formula is C28H36F2N6O4. The van der Waals surface area contributed by atoms with Crippen molar-refractivity contribution in [2.45, 2.75) is 52.0 Å². The Kier molecular flexibility index (Phi) is 8.71. The van der Waals surface area contributed by atoms with E-state index in [2.05, 4.69) is 53.3 Å². The molecule has 10 nitrogen and oxygen atoms in total. The van der Waals surface area contributed by atoms with Crippen LogP contribution in [0.3, 0.4) is 0 Å². The van der Waals surface area contributed by atoms with Crippen LogP contribution in [0.1, 0.15) is 27.7 Å². The average Bonchev–Trinajstić information content (AvgIpc) is 3.34. The summed E-state index contributed by atoms with van der Waals surface area (Å²) in [6, 6.07) is 2.16. The predicted molar refractivity (Wildman–Crippen MR) is 150 cm³/mol. The number of halogens is 2. The van der Waals surface area contributed by atoms with Crippen LogP contribution >= 0.6 is 0 Å². The van der Waals surface area contributed by atoms with Gasteiger partial charge in [0.25, 0.3) is 0 Å². The minimum absolute atomic E-state index is 0.0273. The number of aliphatic hydroxyl groups excluding tert-OH is 1. The highest BCUT2D eigenvalue weighted by Crippen LogP contribution is 2.39. The molecule has 3 aromatic rings. The van der Waals surface area contributed by atoms with Gasteiger partial charge in [0.2, 0.25) is 5.95 Å². The highest BCUT2D eigenvalue weighted by atomic mass is 19.1. The molecule has 1 aromatic carbocycles. The zero-order valence-electron chi connectivity index (χ0n) is 23.5. The lowest BCUT2D eigenvalue weighted by Gasteiger charge is -2.29. The van der Waals surface area contributed by atoms with Crippen molar-refractivity contribution in [1.82, 2.24) is 20.3 Å². The molecule has 0 radical (unpaired) electrons. The Hall–Kier alpha value is -3.61. The Balaban J connectivity index is 1.81. The van der Waals surface area contributed by atoms with Crippen molar-refractivity contribution in [3.8, 4) is 22.8 Å². The minimum Gasteiger partial charge on any atom is -0.494 e. The monoisotopic (exact) mass is 558 g/mol. The van der Waals surface area contributed by atoms with E-state index in [0.717, 1.165) is 6.07 Å². The number of hydrogen-bond acceptors (Lipinski definition) is 10. The van der Waals surface area contributed by atoms with Crippen molar-refractivity contribution < 1.29 is 28.1 Å². The van der Waals surface area contributed by atoms with Crippen LogP contribution in [-0.2, 0) is 4.74 Å². The highest BCUT2D eigenvalue weighted by Gasteiger charge is 2.30. The van der Waals surface area contributed by atoms with Crippen molar-refractivity contribution in [2.24, 2.45) is 5.41 Å². The molecule has 4 N–H and O–H groups in total. The molecule has 2 aromatic heterocycles. The van der Waals surface area contributed by atoms with E-state index >= 15 is 8.78 Å². The Morgan fingerprint density at radius 3 is 2.35 bits per heavy atom. The summed E-state index contributed by atoms with van der Waals surface area (Å²) >= 11 is 0. The van der Waals surface area contributed by atoms with Crippen LogP contribution in [0.4, 0.5) is 20.5 Å². The van der Waals surface area contributed by atoms with Crippen molar-refractivity contribution in [3.05, 3.63) is 42.6 Å². The van der Waals surface area contributed by atoms with E-state index in [9.17, 15) is 5.11 Å². The Morgan fingerprint density at radius 1 is 1.10 bits per heavy atom. The second-order valence-corrected chi connectivity index (χ2v) is 10.7. The van der Waals surface area contributed by atoms with Crippen LogP contribution in [0.15, 0.2) is 31.0 Å². The lowest BCUT2D eigenvalue weighted by Crippen LogP contribution is -2.47. The summed E-state index contributed by atoms with van der Waals surface area (Å²) in [5.74, 6) is -1.50. The standard InChI is InChI=1S/C28H36F2N6O4/c1-8-21(37)33-17-12-40-13-18(17)35-27-31-11-15-9-16(22-23(29)19(38-6)10-20(39-7)24(22)30)34-26(25(15)36-27)32-14(2)28(3,4)5/h8-11,14,17-18,21,33,37H,1,12-13H2,2-7H3,(H,32,34)(H,31,35,36)/t14-,17+,18-,21?/m1/s1. The van der Waals surface area contributed by atoms with Gasteiger partial charge in [-0.05, 0) is 24.5 Å². The lowest BCUT2D eigenvalue weighted by atomic mass is 9.88. The Morgan fingerprint density at radius 2 is 1.75 bits per heavy atom. The topological polar surface area (TPSA) is 123 Å². The molecule has 0 bridgehead atoms. The molecule has 4 rings (SSSR count). The highest BCUT2D eigenvalue weighted by molar-refractivity contribution is 5.92. The zero-order chi connectivity index (χ0) is 29.2. The third-order valence-electron chi connectivity index (χ3n) is 7.05. The first-order valence-electron chi connectivity index (χ1n) is 12.9. The summed E-state index contributed by atoms with van der Waals surface area (Å²) in [5.41, 5.74) is -0.0634. The van der Waals surface area contributed by atoms with E-state index in [4.69, 9.17) is 19.2 Å². The molecule has 4 atom stereocenters. The maximum absolute atomic E-state index is 15.4. The van der Waals surface area contributed by atoms with Crippen molar-refractivity contribution >= 4 is 22.7 Å². The number of rotatable bonds is 10. The average molecular weight is 559 g/mol. The second-order valence-electron chi connectivity index (χ2n) is 10.7. The normalized spacial score (nSPS) is 18.8. The third-order valence-corrected chi connectivity index (χ3v) is 7.05. The molecule has 0 saturated carbocycles. The van der Waals surface area contributed by atoms with Crippen LogP contribution in [0.5, 0.6) is 11.5 Å². The summed E-state index contributed by atoms with van der Waals surface area (Å²) < 4.78 is 46.6. The molecule has 0 spiro atoms. The number of nitrogens with zero attached hydrogens (tertiary/aromatic N) is 3. The van der Waals surface area contributed by atoms with Crippen molar-refractivity contribution in [3.63, 3.8) is 0 Å². The molecule has 1 unspecified atom stereocenters. The lowest BCUT2D eigenvalue weighted by molar-refractivity contribution is 0.149. The van der Waals surface area contributed by atoms with Crippen molar-refractivity contribution in [2.75, 3.05) is 38.1 Å². The first-order chi connectivity index (χ1) is 19.0. The van der Waals surface area contributed by atoms with Crippen LogP contribution in [0.2, 0.25) is 0 Å². The summed E-state index contributed by atoms with van der Waals surface area (Å²) in [4.78, 5) is 13.8. The molecule has 40 heavy (non-hydrogen) atoms. The molecule has 3 heterocycles. The molecule has 12 heteroatoms. The van der Waals surface area contributed by atoms with Gasteiger partial charge < -0.3 is 30.0 Å². The number of ether oxygens (including phenoxy) is 3. The number of aromatic nitrogens is 3. The fourth-order valence-electron chi connectivity index (χ4n) is 4.18. The molecule has 1 fully saturated rings. The van der Waals surface area contributed by atoms with Gasteiger partial charge in [0.05, 0.1) is 50.8 Å². The van der Waals surface area contributed by atoms with E-state index in [1.807, 2.05) is 6.92 Å². The van der Waals surface area contributed by atoms with Gasteiger partial charge in [-0.3, -0.25) is 5.32 Å². The quantitative estimate of drug-likeness (QED) is 0.214. The second kappa shape index (κ2) is 11.9. The first-order valence-corrected chi connectivity index (χ1v) is 12.9. The SMILES string of the molecule is C=CC(O)N[C@H]1COC[C@H]1Nc1ncc2cc(-c3c(F)c(OC)cc(OC)c3F)nc(N[C@H](C)C(C)(C)C)c2n1. The largest absolute Gasteiger partial charge is 0.494 e. The molecular weight excluding hydrogens is 522 g/mol. The number of methoxy groups -OCH3 is 2. The van der Waals surface area contributed by atoms with Crippen LogP contribution in [0, 0.1) is 17.0 Å². The first kappa shape index (κ1) is 29.4. The molecule has 1 saturated heterocycles. The number of anilines is 2. The number of fused-ring (bicyclic) bond motifs is 1. The molecule has 1 aliphatic heterocycles. The maximum atomic E-state index is 15.4. The molecule has 0 aliphatic carbocycles. The van der Waals surface area contributed by atoms with Gasteiger partial charge in [0.1, 0.15) is 11.7 Å². The summed E-state index contributed by atoms with van der Waals surface area (Å²) in [6.45, 7) is 12.5. The summed E-state index contributed by atoms with van der Waals surface area (Å²) in [7, 11) is 2.59. The van der Waals surface area contributed by atoms with Crippen LogP contribution in [-0.4, -0.2) is 71.8 Å². The fraction of sp³-hybridized carbons (Fsp3) is 0.464. The van der Waals surface area contributed by atoms with Gasteiger partial charge >= 0.3 is 0 Å². The summed E-state index contributed by atoms with van der Waals surface area (Å²) in [5, 5.41) is 20.1. The number of benzene rings is 1. The predicted octanol–water partition coefficient (Wildman–Crippen LogP) is 4.11. The van der Waals surface area contributed by atoms with Crippen LogP contribution in [0.25, 0.3) is 22.2 Å². The van der Waals surface area contributed by atoms with Gasteiger partial charge in [-0.25, -0.2) is 23.7 Å². The van der Waals surface area contributed by atoms with Gasteiger partial charge in [-0.15, -0.1) is 0 Å². The van der Waals surface area contributed by atoms with E-state index in [1.54, 1.807) is 6.20 Å².